The zero-order valence-corrected chi connectivity index (χ0v) is 14.7. The van der Waals surface area contributed by atoms with E-state index < -0.39 is 5.82 Å². The first-order chi connectivity index (χ1) is 12.5. The molecule has 0 radical (unpaired) electrons. The van der Waals surface area contributed by atoms with Gasteiger partial charge >= 0.3 is 0 Å². The molecule has 26 heavy (non-hydrogen) atoms. The van der Waals surface area contributed by atoms with Gasteiger partial charge in [-0.05, 0) is 50.1 Å². The molecule has 4 nitrogen and oxygen atoms in total. The standard InChI is InChI=1S/C21H21FN2O2/c1-15-4-6-20(7-5-15)26-14-16-3-2-8-24(13-16)21(25)18-9-17(12-23)10-19(22)11-18/h4-7,9-11,16H,2-3,8,13-14H2,1H3. The lowest BCUT2D eigenvalue weighted by Crippen LogP contribution is -2.41. The molecule has 1 aliphatic rings. The SMILES string of the molecule is Cc1ccc(OCC2CCCN(C(=O)c3cc(F)cc(C#N)c3)C2)cc1. The van der Waals surface area contributed by atoms with Crippen LogP contribution in [0.3, 0.4) is 0 Å². The molecule has 1 atom stereocenters. The van der Waals surface area contributed by atoms with Crippen LogP contribution >= 0.6 is 0 Å². The summed E-state index contributed by atoms with van der Waals surface area (Å²) in [4.78, 5) is 14.4. The molecule has 2 aromatic rings. The molecular formula is C21H21FN2O2. The number of carbonyl (C=O) groups excluding carboxylic acids is 1. The minimum absolute atomic E-state index is 0.157. The molecule has 1 heterocycles. The van der Waals surface area contributed by atoms with Gasteiger partial charge in [0.25, 0.3) is 5.91 Å². The van der Waals surface area contributed by atoms with E-state index in [1.54, 1.807) is 4.90 Å². The van der Waals surface area contributed by atoms with Gasteiger partial charge in [-0.1, -0.05) is 17.7 Å². The smallest absolute Gasteiger partial charge is 0.254 e. The highest BCUT2D eigenvalue weighted by molar-refractivity contribution is 5.94. The number of halogens is 1. The lowest BCUT2D eigenvalue weighted by atomic mass is 9.98. The van der Waals surface area contributed by atoms with Crippen LogP contribution in [0.5, 0.6) is 5.75 Å². The average molecular weight is 352 g/mol. The summed E-state index contributed by atoms with van der Waals surface area (Å²) in [5.41, 5.74) is 1.56. The van der Waals surface area contributed by atoms with Crippen molar-refractivity contribution in [3.05, 3.63) is 65.0 Å². The molecule has 1 amide bonds. The summed E-state index contributed by atoms with van der Waals surface area (Å²) in [5.74, 6) is 0.255. The van der Waals surface area contributed by atoms with Crippen LogP contribution in [0.15, 0.2) is 42.5 Å². The van der Waals surface area contributed by atoms with Gasteiger partial charge in [-0.2, -0.15) is 5.26 Å². The molecule has 3 rings (SSSR count). The van der Waals surface area contributed by atoms with Gasteiger partial charge < -0.3 is 9.64 Å². The Balaban J connectivity index is 1.62. The Labute approximate surface area is 152 Å². The van der Waals surface area contributed by atoms with Crippen molar-refractivity contribution in [1.29, 1.82) is 5.26 Å². The number of nitriles is 1. The Morgan fingerprint density at radius 2 is 2.08 bits per heavy atom. The summed E-state index contributed by atoms with van der Waals surface area (Å²) >= 11 is 0. The van der Waals surface area contributed by atoms with Crippen molar-refractivity contribution in [2.45, 2.75) is 19.8 Å². The highest BCUT2D eigenvalue weighted by Crippen LogP contribution is 2.21. The van der Waals surface area contributed by atoms with Crippen LogP contribution in [0.2, 0.25) is 0 Å². The number of hydrogen-bond acceptors (Lipinski definition) is 3. The predicted molar refractivity (Wildman–Crippen MR) is 96.4 cm³/mol. The monoisotopic (exact) mass is 352 g/mol. The van der Waals surface area contributed by atoms with E-state index in [1.807, 2.05) is 37.3 Å². The van der Waals surface area contributed by atoms with Crippen LogP contribution in [0.25, 0.3) is 0 Å². The lowest BCUT2D eigenvalue weighted by molar-refractivity contribution is 0.0633. The number of amides is 1. The zero-order valence-electron chi connectivity index (χ0n) is 14.7. The van der Waals surface area contributed by atoms with Gasteiger partial charge in [-0.25, -0.2) is 4.39 Å². The van der Waals surface area contributed by atoms with E-state index in [-0.39, 0.29) is 23.0 Å². The van der Waals surface area contributed by atoms with Gasteiger partial charge in [0, 0.05) is 24.6 Å². The molecule has 1 saturated heterocycles. The molecule has 1 unspecified atom stereocenters. The number of hydrogen-bond donors (Lipinski definition) is 0. The highest BCUT2D eigenvalue weighted by Gasteiger charge is 2.25. The number of benzene rings is 2. The van der Waals surface area contributed by atoms with Gasteiger partial charge in [0.1, 0.15) is 11.6 Å². The molecule has 1 fully saturated rings. The molecule has 5 heteroatoms. The largest absolute Gasteiger partial charge is 0.493 e. The maximum atomic E-state index is 13.6. The summed E-state index contributed by atoms with van der Waals surface area (Å²) in [7, 11) is 0. The molecular weight excluding hydrogens is 331 g/mol. The predicted octanol–water partition coefficient (Wildman–Crippen LogP) is 3.94. The Morgan fingerprint density at radius 3 is 2.81 bits per heavy atom. The molecule has 0 saturated carbocycles. The van der Waals surface area contributed by atoms with Gasteiger partial charge in [0.2, 0.25) is 0 Å². The quantitative estimate of drug-likeness (QED) is 0.837. The van der Waals surface area contributed by atoms with Gasteiger partial charge in [-0.3, -0.25) is 4.79 Å². The fourth-order valence-corrected chi connectivity index (χ4v) is 3.19. The van der Waals surface area contributed by atoms with Gasteiger partial charge in [-0.15, -0.1) is 0 Å². The van der Waals surface area contributed by atoms with Crippen LogP contribution in [0.4, 0.5) is 4.39 Å². The van der Waals surface area contributed by atoms with Crippen LogP contribution in [-0.2, 0) is 0 Å². The number of likely N-dealkylation sites (tertiary alicyclic amines) is 1. The van der Waals surface area contributed by atoms with Crippen molar-refractivity contribution < 1.29 is 13.9 Å². The second kappa shape index (κ2) is 8.01. The minimum atomic E-state index is -0.566. The summed E-state index contributed by atoms with van der Waals surface area (Å²) in [6.07, 6.45) is 1.87. The Morgan fingerprint density at radius 1 is 1.31 bits per heavy atom. The fraction of sp³-hybridized carbons (Fsp3) is 0.333. The topological polar surface area (TPSA) is 53.3 Å². The van der Waals surface area contributed by atoms with E-state index >= 15 is 0 Å². The van der Waals surface area contributed by atoms with Crippen molar-refractivity contribution in [2.75, 3.05) is 19.7 Å². The third-order valence-electron chi connectivity index (χ3n) is 4.59. The molecule has 2 aromatic carbocycles. The first-order valence-electron chi connectivity index (χ1n) is 8.74. The zero-order chi connectivity index (χ0) is 18.5. The normalized spacial score (nSPS) is 16.8. The van der Waals surface area contributed by atoms with Crippen molar-refractivity contribution in [1.82, 2.24) is 4.90 Å². The van der Waals surface area contributed by atoms with E-state index in [0.717, 1.165) is 24.7 Å². The van der Waals surface area contributed by atoms with Gasteiger partial charge in [0.05, 0.1) is 18.2 Å². The van der Waals surface area contributed by atoms with Crippen molar-refractivity contribution in [2.24, 2.45) is 5.92 Å². The average Bonchev–Trinajstić information content (AvgIpc) is 2.66. The number of carbonyl (C=O) groups is 1. The number of ether oxygens (including phenoxy) is 1. The van der Waals surface area contributed by atoms with E-state index in [2.05, 4.69) is 0 Å². The van der Waals surface area contributed by atoms with Gasteiger partial charge in [0.15, 0.2) is 0 Å². The van der Waals surface area contributed by atoms with Crippen LogP contribution < -0.4 is 4.74 Å². The molecule has 0 aromatic heterocycles. The first kappa shape index (κ1) is 17.9. The minimum Gasteiger partial charge on any atom is -0.493 e. The Bertz CT molecular complexity index is 827. The fourth-order valence-electron chi connectivity index (χ4n) is 3.19. The van der Waals surface area contributed by atoms with Crippen LogP contribution in [-0.4, -0.2) is 30.5 Å². The molecule has 134 valence electrons. The maximum absolute atomic E-state index is 13.6. The molecule has 0 spiro atoms. The molecule has 0 bridgehead atoms. The lowest BCUT2D eigenvalue weighted by Gasteiger charge is -2.32. The molecule has 0 aliphatic carbocycles. The summed E-state index contributed by atoms with van der Waals surface area (Å²) in [5, 5.41) is 8.96. The first-order valence-corrected chi connectivity index (χ1v) is 8.74. The Hall–Kier alpha value is -2.87. The van der Waals surface area contributed by atoms with Crippen molar-refractivity contribution in [3.63, 3.8) is 0 Å². The van der Waals surface area contributed by atoms with E-state index in [0.29, 0.717) is 19.7 Å². The summed E-state index contributed by atoms with van der Waals surface area (Å²) < 4.78 is 19.5. The van der Waals surface area contributed by atoms with Crippen LogP contribution in [0.1, 0.15) is 34.3 Å². The van der Waals surface area contributed by atoms with E-state index in [4.69, 9.17) is 10.00 Å². The highest BCUT2D eigenvalue weighted by atomic mass is 19.1. The molecule has 1 aliphatic heterocycles. The third kappa shape index (κ3) is 4.40. The van der Waals surface area contributed by atoms with Crippen molar-refractivity contribution in [3.8, 4) is 11.8 Å². The number of nitrogens with zero attached hydrogens (tertiary/aromatic N) is 2. The number of piperidine rings is 1. The van der Waals surface area contributed by atoms with E-state index in [9.17, 15) is 9.18 Å². The molecule has 0 N–H and O–H groups in total. The van der Waals surface area contributed by atoms with Crippen molar-refractivity contribution >= 4 is 5.91 Å². The maximum Gasteiger partial charge on any atom is 0.254 e. The second-order valence-corrected chi connectivity index (χ2v) is 6.72. The number of aryl methyl sites for hydroxylation is 1. The summed E-state index contributed by atoms with van der Waals surface area (Å²) in [6, 6.07) is 13.5. The second-order valence-electron chi connectivity index (χ2n) is 6.72. The summed E-state index contributed by atoms with van der Waals surface area (Å²) in [6.45, 7) is 3.78. The Kier molecular flexibility index (Phi) is 5.52. The van der Waals surface area contributed by atoms with Crippen LogP contribution in [0, 0.1) is 30.0 Å². The third-order valence-corrected chi connectivity index (χ3v) is 4.59. The van der Waals surface area contributed by atoms with E-state index in [1.165, 1.54) is 17.7 Å². The number of rotatable bonds is 4.